The number of H-pyrrole nitrogens is 1. The van der Waals surface area contributed by atoms with Gasteiger partial charge < -0.3 is 5.11 Å². The molecule has 0 atom stereocenters. The fourth-order valence-electron chi connectivity index (χ4n) is 3.06. The number of aromatic amines is 1. The van der Waals surface area contributed by atoms with Gasteiger partial charge >= 0.3 is 0 Å². The van der Waals surface area contributed by atoms with Crippen LogP contribution in [-0.4, -0.2) is 21.2 Å². The predicted molar refractivity (Wildman–Crippen MR) is 103 cm³/mol. The third-order valence-electron chi connectivity index (χ3n) is 4.31. The lowest BCUT2D eigenvalue weighted by Crippen LogP contribution is -2.27. The molecule has 5 nitrogen and oxygen atoms in total. The van der Waals surface area contributed by atoms with E-state index in [-0.39, 0.29) is 16.2 Å². The van der Waals surface area contributed by atoms with Crippen molar-refractivity contribution in [3.8, 4) is 11.6 Å². The van der Waals surface area contributed by atoms with Crippen LogP contribution >= 0.6 is 23.8 Å². The molecule has 1 aromatic heterocycles. The Hall–Kier alpha value is -2.70. The zero-order chi connectivity index (χ0) is 18.3. The van der Waals surface area contributed by atoms with E-state index in [2.05, 4.69) is 9.98 Å². The van der Waals surface area contributed by atoms with E-state index in [1.807, 2.05) is 18.2 Å². The molecule has 1 aliphatic heterocycles. The standard InChI is InChI=1S/C19H14ClN3O2S/c20-13-4-6-14(7-5-13)23-18(25)15(17(24)22-19(23)26)10-12-3-1-2-11-8-9-21-16(11)12/h1-7,10,25H,8-9H2,(H,22,24,26). The van der Waals surface area contributed by atoms with Gasteiger partial charge in [-0.05, 0) is 54.5 Å². The Morgan fingerprint density at radius 2 is 2.00 bits per heavy atom. The lowest BCUT2D eigenvalue weighted by atomic mass is 10.1. The van der Waals surface area contributed by atoms with Crippen LogP contribution in [0.2, 0.25) is 5.02 Å². The van der Waals surface area contributed by atoms with Crippen LogP contribution in [0.3, 0.4) is 0 Å². The highest BCUT2D eigenvalue weighted by molar-refractivity contribution is 7.71. The van der Waals surface area contributed by atoms with Crippen LogP contribution in [0.15, 0.2) is 52.3 Å². The molecule has 26 heavy (non-hydrogen) atoms. The molecule has 0 unspecified atom stereocenters. The third kappa shape index (κ3) is 2.87. The average Bonchev–Trinajstić information content (AvgIpc) is 3.09. The molecule has 0 radical (unpaired) electrons. The minimum absolute atomic E-state index is 0.106. The van der Waals surface area contributed by atoms with E-state index in [0.717, 1.165) is 29.1 Å². The summed E-state index contributed by atoms with van der Waals surface area (Å²) in [5.41, 5.74) is 1.42. The Kier molecular flexibility index (Phi) is 4.22. The van der Waals surface area contributed by atoms with Gasteiger partial charge in [0.15, 0.2) is 4.77 Å². The van der Waals surface area contributed by atoms with Crippen LogP contribution in [0.5, 0.6) is 5.88 Å². The van der Waals surface area contributed by atoms with Gasteiger partial charge in [-0.1, -0.05) is 29.8 Å². The normalized spacial score (nSPS) is 13.5. The number of halogens is 1. The van der Waals surface area contributed by atoms with Gasteiger partial charge in [0.1, 0.15) is 5.56 Å². The molecule has 0 spiro atoms. The maximum Gasteiger partial charge on any atom is 0.262 e. The van der Waals surface area contributed by atoms with Crippen molar-refractivity contribution in [1.29, 1.82) is 0 Å². The fraction of sp³-hybridized carbons (Fsp3) is 0.105. The van der Waals surface area contributed by atoms with Gasteiger partial charge in [-0.15, -0.1) is 0 Å². The molecule has 0 fully saturated rings. The second-order valence-electron chi connectivity index (χ2n) is 5.94. The van der Waals surface area contributed by atoms with Crippen molar-refractivity contribution in [1.82, 2.24) is 9.55 Å². The summed E-state index contributed by atoms with van der Waals surface area (Å²) in [4.78, 5) is 19.5. The first kappa shape index (κ1) is 16.8. The topological polar surface area (TPSA) is 70.4 Å². The SMILES string of the molecule is O=c1[nH]c(=S)n(-c2ccc(Cl)cc2)c(O)c1C=c1cccc2c1=NCC2. The quantitative estimate of drug-likeness (QED) is 0.667. The smallest absolute Gasteiger partial charge is 0.262 e. The van der Waals surface area contributed by atoms with Crippen LogP contribution in [-0.2, 0) is 6.42 Å². The van der Waals surface area contributed by atoms with Crippen molar-refractivity contribution in [3.63, 3.8) is 0 Å². The van der Waals surface area contributed by atoms with E-state index < -0.39 is 5.56 Å². The van der Waals surface area contributed by atoms with Crippen molar-refractivity contribution in [3.05, 3.63) is 84.3 Å². The lowest BCUT2D eigenvalue weighted by Gasteiger charge is -2.11. The largest absolute Gasteiger partial charge is 0.494 e. The summed E-state index contributed by atoms with van der Waals surface area (Å²) in [5.74, 6) is -0.225. The summed E-state index contributed by atoms with van der Waals surface area (Å²) in [5, 5.41) is 13.0. The Bertz CT molecular complexity index is 1240. The highest BCUT2D eigenvalue weighted by atomic mass is 35.5. The number of hydrogen-bond donors (Lipinski definition) is 2. The van der Waals surface area contributed by atoms with E-state index >= 15 is 0 Å². The highest BCUT2D eigenvalue weighted by Gasteiger charge is 2.13. The molecule has 0 saturated carbocycles. The molecular formula is C19H14ClN3O2S. The molecule has 2 aromatic carbocycles. The Morgan fingerprint density at radius 1 is 1.23 bits per heavy atom. The van der Waals surface area contributed by atoms with Crippen LogP contribution in [0.4, 0.5) is 0 Å². The molecule has 1 aliphatic rings. The molecule has 0 saturated heterocycles. The molecule has 7 heteroatoms. The van der Waals surface area contributed by atoms with Crippen molar-refractivity contribution in [2.24, 2.45) is 4.99 Å². The summed E-state index contributed by atoms with van der Waals surface area (Å²) in [7, 11) is 0. The van der Waals surface area contributed by atoms with Gasteiger partial charge in [0, 0.05) is 16.8 Å². The van der Waals surface area contributed by atoms with Gasteiger partial charge in [-0.3, -0.25) is 19.3 Å². The van der Waals surface area contributed by atoms with Gasteiger partial charge in [0.05, 0.1) is 11.0 Å². The van der Waals surface area contributed by atoms with E-state index in [4.69, 9.17) is 23.8 Å². The monoisotopic (exact) mass is 383 g/mol. The summed E-state index contributed by atoms with van der Waals surface area (Å²) < 4.78 is 1.51. The van der Waals surface area contributed by atoms with E-state index in [9.17, 15) is 9.90 Å². The molecule has 4 rings (SSSR count). The summed E-state index contributed by atoms with van der Waals surface area (Å²) in [6.07, 6.45) is 2.53. The van der Waals surface area contributed by atoms with E-state index in [0.29, 0.717) is 10.7 Å². The first-order valence-corrected chi connectivity index (χ1v) is 8.81. The van der Waals surface area contributed by atoms with Crippen molar-refractivity contribution >= 4 is 29.9 Å². The number of benzene rings is 2. The van der Waals surface area contributed by atoms with Crippen molar-refractivity contribution in [2.45, 2.75) is 6.42 Å². The van der Waals surface area contributed by atoms with E-state index in [1.165, 1.54) is 4.57 Å². The maximum atomic E-state index is 12.4. The number of nitrogens with zero attached hydrogens (tertiary/aromatic N) is 2. The number of aromatic nitrogens is 2. The second kappa shape index (κ2) is 6.55. The summed E-state index contributed by atoms with van der Waals surface area (Å²) >= 11 is 11.2. The summed E-state index contributed by atoms with van der Waals surface area (Å²) in [6, 6.07) is 12.6. The molecule has 2 heterocycles. The Morgan fingerprint density at radius 3 is 2.77 bits per heavy atom. The molecule has 0 amide bonds. The number of hydrogen-bond acceptors (Lipinski definition) is 4. The minimum Gasteiger partial charge on any atom is -0.494 e. The van der Waals surface area contributed by atoms with Crippen LogP contribution in [0.25, 0.3) is 11.8 Å². The number of fused-ring (bicyclic) bond motifs is 1. The zero-order valence-electron chi connectivity index (χ0n) is 13.6. The van der Waals surface area contributed by atoms with Crippen molar-refractivity contribution in [2.75, 3.05) is 6.54 Å². The number of rotatable bonds is 2. The molecular weight excluding hydrogens is 370 g/mol. The van der Waals surface area contributed by atoms with Crippen LogP contribution in [0.1, 0.15) is 11.1 Å². The first-order chi connectivity index (χ1) is 12.5. The molecule has 3 aromatic rings. The molecule has 2 N–H and O–H groups in total. The number of aromatic hydroxyl groups is 1. The lowest BCUT2D eigenvalue weighted by molar-refractivity contribution is 0.432. The maximum absolute atomic E-state index is 12.4. The van der Waals surface area contributed by atoms with Gasteiger partial charge in [-0.2, -0.15) is 0 Å². The van der Waals surface area contributed by atoms with Crippen LogP contribution < -0.4 is 16.1 Å². The predicted octanol–water partition coefficient (Wildman–Crippen LogP) is 2.26. The zero-order valence-corrected chi connectivity index (χ0v) is 15.1. The number of para-hydroxylation sites is 1. The van der Waals surface area contributed by atoms with Gasteiger partial charge in [0.2, 0.25) is 5.88 Å². The molecule has 0 bridgehead atoms. The molecule has 0 aliphatic carbocycles. The van der Waals surface area contributed by atoms with Crippen LogP contribution in [0, 0.1) is 4.77 Å². The average molecular weight is 384 g/mol. The second-order valence-corrected chi connectivity index (χ2v) is 6.76. The van der Waals surface area contributed by atoms with Gasteiger partial charge in [-0.25, -0.2) is 0 Å². The fourth-order valence-corrected chi connectivity index (χ4v) is 3.47. The Balaban J connectivity index is 2.00. The summed E-state index contributed by atoms with van der Waals surface area (Å²) in [6.45, 7) is 0.735. The highest BCUT2D eigenvalue weighted by Crippen LogP contribution is 2.21. The minimum atomic E-state index is -0.451. The Labute approximate surface area is 158 Å². The number of nitrogens with one attached hydrogen (secondary N) is 1. The molecule has 130 valence electrons. The van der Waals surface area contributed by atoms with E-state index in [1.54, 1.807) is 30.3 Å². The first-order valence-electron chi connectivity index (χ1n) is 8.03. The third-order valence-corrected chi connectivity index (χ3v) is 4.84. The van der Waals surface area contributed by atoms with Gasteiger partial charge in [0.25, 0.3) is 5.56 Å². The van der Waals surface area contributed by atoms with Crippen molar-refractivity contribution < 1.29 is 5.11 Å².